The van der Waals surface area contributed by atoms with Crippen molar-refractivity contribution in [3.8, 4) is 0 Å². The van der Waals surface area contributed by atoms with Gasteiger partial charge in [0.1, 0.15) is 0 Å². The second-order valence-electron chi connectivity index (χ2n) is 2.48. The number of thioether (sulfide) groups is 1. The monoisotopic (exact) mass is 230 g/mol. The van der Waals surface area contributed by atoms with E-state index in [0.717, 1.165) is 6.55 Å². The van der Waals surface area contributed by atoms with Crippen molar-refractivity contribution in [3.05, 3.63) is 0 Å². The van der Waals surface area contributed by atoms with Crippen LogP contribution in [0.3, 0.4) is 0 Å². The quantitative estimate of drug-likeness (QED) is 0.318. The zero-order valence-electron chi connectivity index (χ0n) is 7.10. The lowest BCUT2D eigenvalue weighted by molar-refractivity contribution is 0.426. The third-order valence-corrected chi connectivity index (χ3v) is 3.79. The summed E-state index contributed by atoms with van der Waals surface area (Å²) >= 11 is 6.04. The molecule has 1 nitrogen and oxygen atoms in total. The van der Waals surface area contributed by atoms with E-state index in [4.69, 9.17) is 17.0 Å². The molecule has 0 aliphatic heterocycles. The zero-order valence-corrected chi connectivity index (χ0v) is 9.73. The highest BCUT2D eigenvalue weighted by Crippen LogP contribution is 2.17. The fraction of sp³-hybridized carbons (Fsp3) is 0.833. The number of thiocarbonyl (C=S) groups is 1. The first-order chi connectivity index (χ1) is 5.45. The molecule has 0 radical (unpaired) electrons. The Bertz CT molecular complexity index is 149. The van der Waals surface area contributed by atoms with E-state index in [2.05, 4.69) is 0 Å². The van der Waals surface area contributed by atoms with Crippen LogP contribution in [0, 0.1) is 0 Å². The van der Waals surface area contributed by atoms with E-state index in [0.29, 0.717) is 16.6 Å². The van der Waals surface area contributed by atoms with E-state index in [1.54, 1.807) is 0 Å². The largest absolute Gasteiger partial charge is 0.482 e. The predicted octanol–water partition coefficient (Wildman–Crippen LogP) is 3.05. The summed E-state index contributed by atoms with van der Waals surface area (Å²) < 4.78 is 29.9. The molecule has 0 aromatic heterocycles. The Morgan fingerprint density at radius 3 is 2.58 bits per heavy atom. The van der Waals surface area contributed by atoms with Crippen molar-refractivity contribution in [1.82, 2.24) is 0 Å². The molecule has 0 aliphatic rings. The highest BCUT2D eigenvalue weighted by molar-refractivity contribution is 8.22. The topological polar surface area (TPSA) is 9.23 Å². The molecule has 0 unspecified atom stereocenters. The Morgan fingerprint density at radius 1 is 1.58 bits per heavy atom. The summed E-state index contributed by atoms with van der Waals surface area (Å²) in [6.07, 6.45) is 0.518. The minimum absolute atomic E-state index is 0.0479. The molecule has 72 valence electrons. The van der Waals surface area contributed by atoms with Gasteiger partial charge in [0, 0.05) is 5.75 Å². The minimum Gasteiger partial charge on any atom is -0.482 e. The predicted molar refractivity (Wildman–Crippen MR) is 55.3 cm³/mol. The first-order valence-electron chi connectivity index (χ1n) is 3.54. The summed E-state index contributed by atoms with van der Waals surface area (Å²) in [5.74, 6) is 0.628. The van der Waals surface area contributed by atoms with Gasteiger partial charge in [-0.3, -0.25) is 8.22 Å². The van der Waals surface area contributed by atoms with Gasteiger partial charge in [-0.15, -0.1) is 0 Å². The second-order valence-corrected chi connectivity index (χ2v) is 6.81. The molecular formula is C6H12F2OS2Si. The zero-order chi connectivity index (χ0) is 9.61. The fourth-order valence-electron chi connectivity index (χ4n) is 0.597. The molecule has 0 aromatic carbocycles. The van der Waals surface area contributed by atoms with Gasteiger partial charge in [-0.2, -0.15) is 0 Å². The van der Waals surface area contributed by atoms with Crippen molar-refractivity contribution in [2.24, 2.45) is 0 Å². The summed E-state index contributed by atoms with van der Waals surface area (Å²) in [4.78, 5) is 0. The maximum atomic E-state index is 12.4. The molecule has 0 rings (SSSR count). The van der Waals surface area contributed by atoms with Crippen molar-refractivity contribution in [3.63, 3.8) is 0 Å². The molecule has 6 heteroatoms. The van der Waals surface area contributed by atoms with Crippen LogP contribution in [0.4, 0.5) is 8.22 Å². The molecule has 12 heavy (non-hydrogen) atoms. The smallest absolute Gasteiger partial charge is 0.422 e. The summed E-state index contributed by atoms with van der Waals surface area (Å²) in [6, 6.07) is 0.0479. The Morgan fingerprint density at radius 2 is 2.17 bits per heavy atom. The molecule has 0 aromatic rings. The molecular weight excluding hydrogens is 218 g/mol. The number of methoxy groups -OCH3 is 1. The Kier molecular flexibility index (Phi) is 6.03. The molecule has 0 aliphatic carbocycles. The molecule has 0 atom stereocenters. The van der Waals surface area contributed by atoms with Crippen molar-refractivity contribution in [1.29, 1.82) is 0 Å². The summed E-state index contributed by atoms with van der Waals surface area (Å²) in [6.45, 7) is 1.06. The lowest BCUT2D eigenvalue weighted by Gasteiger charge is -2.05. The van der Waals surface area contributed by atoms with E-state index in [-0.39, 0.29) is 6.04 Å². The average Bonchev–Trinajstić information content (AvgIpc) is 1.96. The average molecular weight is 230 g/mol. The van der Waals surface area contributed by atoms with Crippen LogP contribution in [0.1, 0.15) is 6.42 Å². The van der Waals surface area contributed by atoms with Gasteiger partial charge in [0.05, 0.1) is 7.11 Å². The van der Waals surface area contributed by atoms with E-state index in [1.165, 1.54) is 18.9 Å². The Labute approximate surface area is 82.2 Å². The fourth-order valence-corrected chi connectivity index (χ4v) is 2.47. The van der Waals surface area contributed by atoms with Crippen LogP contribution in [0.15, 0.2) is 0 Å². The molecule has 0 spiro atoms. The molecule has 0 saturated carbocycles. The second kappa shape index (κ2) is 5.88. The lowest BCUT2D eigenvalue weighted by Crippen LogP contribution is -2.15. The summed E-state index contributed by atoms with van der Waals surface area (Å²) in [7, 11) is -2.35. The van der Waals surface area contributed by atoms with Gasteiger partial charge >= 0.3 is 8.74 Å². The third kappa shape index (κ3) is 8.41. The van der Waals surface area contributed by atoms with Gasteiger partial charge < -0.3 is 4.74 Å². The van der Waals surface area contributed by atoms with Crippen molar-refractivity contribution >= 4 is 37.1 Å². The number of halogens is 2. The maximum Gasteiger partial charge on any atom is 0.422 e. The van der Waals surface area contributed by atoms with E-state index >= 15 is 0 Å². The lowest BCUT2D eigenvalue weighted by atomic mass is 10.6. The van der Waals surface area contributed by atoms with Gasteiger partial charge in [-0.25, -0.2) is 0 Å². The van der Waals surface area contributed by atoms with Crippen LogP contribution in [-0.4, -0.2) is 26.0 Å². The molecule has 0 heterocycles. The number of rotatable bonds is 4. The molecule has 0 bridgehead atoms. The van der Waals surface area contributed by atoms with E-state index in [9.17, 15) is 8.22 Å². The standard InChI is InChI=1S/C6H12F2OS2Si/c1-9-6(10)11-4-3-5-12(2,7)8/h3-5H2,1-2H3. The Balaban J connectivity index is 3.28. The maximum absolute atomic E-state index is 12.4. The third-order valence-electron chi connectivity index (χ3n) is 1.15. The molecule has 0 amide bonds. The van der Waals surface area contributed by atoms with Crippen LogP contribution in [0.5, 0.6) is 0 Å². The van der Waals surface area contributed by atoms with Gasteiger partial charge in [-0.05, 0) is 31.2 Å². The number of ether oxygens (including phenoxy) is 1. The van der Waals surface area contributed by atoms with Crippen LogP contribution >= 0.6 is 24.0 Å². The SMILES string of the molecule is COC(=S)SCCC[Si](C)(F)F. The molecule has 0 fully saturated rings. The highest BCUT2D eigenvalue weighted by atomic mass is 32.2. The van der Waals surface area contributed by atoms with Gasteiger partial charge in [0.15, 0.2) is 0 Å². The highest BCUT2D eigenvalue weighted by Gasteiger charge is 2.26. The van der Waals surface area contributed by atoms with Crippen LogP contribution in [-0.2, 0) is 4.74 Å². The van der Waals surface area contributed by atoms with E-state index in [1.807, 2.05) is 0 Å². The molecule has 0 N–H and O–H groups in total. The first-order valence-corrected chi connectivity index (χ1v) is 7.40. The number of hydrogen-bond donors (Lipinski definition) is 0. The van der Waals surface area contributed by atoms with Gasteiger partial charge in [0.2, 0.25) is 4.38 Å². The minimum atomic E-state index is -3.84. The molecule has 0 saturated heterocycles. The van der Waals surface area contributed by atoms with Crippen molar-refractivity contribution in [2.75, 3.05) is 12.9 Å². The summed E-state index contributed by atoms with van der Waals surface area (Å²) in [5.41, 5.74) is 0. The number of hydrogen-bond acceptors (Lipinski definition) is 3. The van der Waals surface area contributed by atoms with E-state index < -0.39 is 8.74 Å². The van der Waals surface area contributed by atoms with Gasteiger partial charge in [-0.1, -0.05) is 11.8 Å². The van der Waals surface area contributed by atoms with Crippen LogP contribution in [0.2, 0.25) is 12.6 Å². The van der Waals surface area contributed by atoms with Gasteiger partial charge in [0.25, 0.3) is 0 Å². The first kappa shape index (κ1) is 12.3. The van der Waals surface area contributed by atoms with Crippen LogP contribution in [0.25, 0.3) is 0 Å². The van der Waals surface area contributed by atoms with Crippen molar-refractivity contribution in [2.45, 2.75) is 19.0 Å². The van der Waals surface area contributed by atoms with Crippen LogP contribution < -0.4 is 0 Å². The van der Waals surface area contributed by atoms with Crippen molar-refractivity contribution < 1.29 is 13.0 Å². The summed E-state index contributed by atoms with van der Waals surface area (Å²) in [5, 5.41) is 0. The Hall–Kier alpha value is 0.317. The normalized spacial score (nSPS) is 11.3.